The Hall–Kier alpha value is -4.03. The van der Waals surface area contributed by atoms with Crippen LogP contribution < -0.4 is 25.2 Å². The highest BCUT2D eigenvalue weighted by atomic mass is 32.2. The van der Waals surface area contributed by atoms with E-state index in [2.05, 4.69) is 10.5 Å². The Kier molecular flexibility index (Phi) is 8.79. The number of thiophene rings is 1. The van der Waals surface area contributed by atoms with E-state index in [0.717, 1.165) is 31.2 Å². The molecule has 2 N–H and O–H groups in total. The number of fused-ring (bicyclic) bond motifs is 3. The van der Waals surface area contributed by atoms with Gasteiger partial charge in [-0.05, 0) is 74.6 Å². The number of thioether (sulfide) groups is 1. The Morgan fingerprint density at radius 1 is 1.17 bits per heavy atom. The maximum absolute atomic E-state index is 13.9. The highest BCUT2D eigenvalue weighted by Crippen LogP contribution is 2.37. The van der Waals surface area contributed by atoms with Crippen molar-refractivity contribution in [1.29, 1.82) is 0 Å². The summed E-state index contributed by atoms with van der Waals surface area (Å²) >= 11 is 2.74. The molecule has 0 spiro atoms. The van der Waals surface area contributed by atoms with Crippen LogP contribution in [0.5, 0.6) is 23.0 Å². The van der Waals surface area contributed by atoms with Gasteiger partial charge in [-0.25, -0.2) is 10.4 Å². The van der Waals surface area contributed by atoms with Gasteiger partial charge in [-0.1, -0.05) is 11.8 Å². The lowest BCUT2D eigenvalue weighted by Crippen LogP contribution is -2.24. The summed E-state index contributed by atoms with van der Waals surface area (Å²) in [5.74, 6) is 0.638. The number of aromatic hydroxyl groups is 1. The number of hydrogen-bond donors (Lipinski definition) is 2. The van der Waals surface area contributed by atoms with Crippen LogP contribution in [-0.4, -0.2) is 53.4 Å². The normalized spacial score (nSPS) is 12.9. The molecule has 2 aromatic carbocycles. The molecule has 0 fully saturated rings. The lowest BCUT2D eigenvalue weighted by atomic mass is 9.97. The number of nitrogens with one attached hydrogen (secondary N) is 1. The number of carbonyl (C=O) groups is 1. The Labute approximate surface area is 245 Å². The molecule has 10 nitrogen and oxygen atoms in total. The molecule has 2 heterocycles. The van der Waals surface area contributed by atoms with Crippen LogP contribution in [0.4, 0.5) is 0 Å². The Morgan fingerprint density at radius 2 is 1.88 bits per heavy atom. The first-order chi connectivity index (χ1) is 19.9. The number of rotatable bonds is 10. The first-order valence-corrected chi connectivity index (χ1v) is 14.9. The second-order valence-electron chi connectivity index (χ2n) is 9.21. The number of phenols is 1. The summed E-state index contributed by atoms with van der Waals surface area (Å²) in [5.41, 5.74) is 4.69. The van der Waals surface area contributed by atoms with Crippen molar-refractivity contribution in [1.82, 2.24) is 15.0 Å². The fourth-order valence-electron chi connectivity index (χ4n) is 4.70. The van der Waals surface area contributed by atoms with Gasteiger partial charge in [0.05, 0.1) is 43.9 Å². The highest BCUT2D eigenvalue weighted by Gasteiger charge is 2.23. The molecule has 41 heavy (non-hydrogen) atoms. The summed E-state index contributed by atoms with van der Waals surface area (Å²) in [5, 5.41) is 15.2. The van der Waals surface area contributed by atoms with Crippen LogP contribution in [0.3, 0.4) is 0 Å². The highest BCUT2D eigenvalue weighted by molar-refractivity contribution is 7.99. The number of aromatic nitrogens is 2. The number of ether oxygens (including phenoxy) is 3. The number of phenolic OH excluding ortho intramolecular Hbond substituents is 1. The largest absolute Gasteiger partial charge is 0.502 e. The van der Waals surface area contributed by atoms with Crippen molar-refractivity contribution in [3.8, 4) is 28.7 Å². The molecule has 0 saturated heterocycles. The van der Waals surface area contributed by atoms with Gasteiger partial charge in [0.25, 0.3) is 11.5 Å². The van der Waals surface area contributed by atoms with Crippen molar-refractivity contribution in [3.05, 3.63) is 62.8 Å². The van der Waals surface area contributed by atoms with Gasteiger partial charge in [0, 0.05) is 10.4 Å². The van der Waals surface area contributed by atoms with Crippen LogP contribution in [0.2, 0.25) is 0 Å². The number of methoxy groups -OCH3 is 2. The molecule has 1 amide bonds. The zero-order chi connectivity index (χ0) is 28.9. The third-order valence-corrected chi connectivity index (χ3v) is 8.73. The van der Waals surface area contributed by atoms with E-state index in [1.165, 1.54) is 37.1 Å². The number of amides is 1. The van der Waals surface area contributed by atoms with E-state index in [1.54, 1.807) is 28.0 Å². The summed E-state index contributed by atoms with van der Waals surface area (Å²) in [7, 11) is 2.86. The average molecular weight is 595 g/mol. The molecule has 0 unspecified atom stereocenters. The molecule has 0 bridgehead atoms. The first kappa shape index (κ1) is 28.5. The summed E-state index contributed by atoms with van der Waals surface area (Å²) in [6.07, 6.45) is 5.42. The molecule has 5 rings (SSSR count). The smallest absolute Gasteiger partial charge is 0.267 e. The Morgan fingerprint density at radius 3 is 2.56 bits per heavy atom. The van der Waals surface area contributed by atoms with E-state index < -0.39 is 0 Å². The maximum atomic E-state index is 13.9. The number of carbonyl (C=O) groups excluding carboxylic acids is 1. The van der Waals surface area contributed by atoms with Gasteiger partial charge in [-0.3, -0.25) is 14.2 Å². The molecule has 0 aliphatic heterocycles. The van der Waals surface area contributed by atoms with E-state index in [9.17, 15) is 14.7 Å². The molecule has 214 valence electrons. The first-order valence-electron chi connectivity index (χ1n) is 13.1. The van der Waals surface area contributed by atoms with Gasteiger partial charge in [0.2, 0.25) is 5.75 Å². The van der Waals surface area contributed by atoms with E-state index in [1.807, 2.05) is 31.2 Å². The minimum Gasteiger partial charge on any atom is -0.502 e. The molecule has 4 aromatic rings. The molecule has 2 aromatic heterocycles. The van der Waals surface area contributed by atoms with E-state index in [4.69, 9.17) is 19.2 Å². The molecule has 1 aliphatic rings. The SMILES string of the molecule is CCOc1ccc(-n2c(SCC(=O)NN=Cc3cc(OC)c(O)c(OC)c3)nc3sc4c(c3c2=O)CCCC4)cc1. The van der Waals surface area contributed by atoms with Crippen LogP contribution in [0.15, 0.2) is 51.5 Å². The van der Waals surface area contributed by atoms with Crippen LogP contribution in [0, 0.1) is 0 Å². The molecule has 12 heteroatoms. The van der Waals surface area contributed by atoms with Crippen LogP contribution >= 0.6 is 23.1 Å². The fraction of sp³-hybridized carbons (Fsp3) is 0.310. The van der Waals surface area contributed by atoms with E-state index in [-0.39, 0.29) is 34.5 Å². The van der Waals surface area contributed by atoms with Crippen molar-refractivity contribution < 1.29 is 24.1 Å². The molecular formula is C29H30N4O6S2. The molecule has 0 saturated carbocycles. The van der Waals surface area contributed by atoms with Crippen LogP contribution in [0.25, 0.3) is 15.9 Å². The molecule has 1 aliphatic carbocycles. The number of hydrogen-bond acceptors (Lipinski definition) is 10. The molecule has 0 atom stereocenters. The fourth-order valence-corrected chi connectivity index (χ4v) is 6.81. The van der Waals surface area contributed by atoms with Crippen molar-refractivity contribution in [2.24, 2.45) is 5.10 Å². The molecular weight excluding hydrogens is 564 g/mol. The van der Waals surface area contributed by atoms with Crippen molar-refractivity contribution >= 4 is 45.4 Å². The third-order valence-electron chi connectivity index (χ3n) is 6.60. The second kappa shape index (κ2) is 12.6. The topological polar surface area (TPSA) is 124 Å². The monoisotopic (exact) mass is 594 g/mol. The Bertz CT molecular complexity index is 1640. The minimum absolute atomic E-state index is 0.0143. The average Bonchev–Trinajstić information content (AvgIpc) is 3.36. The summed E-state index contributed by atoms with van der Waals surface area (Å²) in [6.45, 7) is 2.46. The predicted octanol–water partition coefficient (Wildman–Crippen LogP) is 4.69. The number of aryl methyl sites for hydroxylation is 2. The lowest BCUT2D eigenvalue weighted by Gasteiger charge is -2.14. The van der Waals surface area contributed by atoms with Gasteiger partial charge in [0.1, 0.15) is 10.6 Å². The summed E-state index contributed by atoms with van der Waals surface area (Å²) < 4.78 is 17.5. The van der Waals surface area contributed by atoms with Crippen LogP contribution in [0.1, 0.15) is 35.8 Å². The maximum Gasteiger partial charge on any atom is 0.267 e. The standard InChI is InChI=1S/C29H30N4O6S2/c1-4-39-19-11-9-18(10-12-19)33-28(36)25-20-7-5-6-8-23(20)41-27(25)31-29(33)40-16-24(34)32-30-15-17-13-21(37-2)26(35)22(14-17)38-3/h9-15,35H,4-8,16H2,1-3H3,(H,32,34). The summed E-state index contributed by atoms with van der Waals surface area (Å²) in [4.78, 5) is 33.4. The van der Waals surface area contributed by atoms with Gasteiger partial charge >= 0.3 is 0 Å². The van der Waals surface area contributed by atoms with E-state index >= 15 is 0 Å². The molecule has 0 radical (unpaired) electrons. The zero-order valence-corrected chi connectivity index (χ0v) is 24.6. The minimum atomic E-state index is -0.373. The number of nitrogens with zero attached hydrogens (tertiary/aromatic N) is 3. The number of benzene rings is 2. The van der Waals surface area contributed by atoms with Crippen LogP contribution in [-0.2, 0) is 17.6 Å². The van der Waals surface area contributed by atoms with Crippen molar-refractivity contribution in [3.63, 3.8) is 0 Å². The predicted molar refractivity (Wildman–Crippen MR) is 161 cm³/mol. The van der Waals surface area contributed by atoms with Gasteiger partial charge in [0.15, 0.2) is 16.7 Å². The van der Waals surface area contributed by atoms with Crippen molar-refractivity contribution in [2.75, 3.05) is 26.6 Å². The van der Waals surface area contributed by atoms with Gasteiger partial charge < -0.3 is 19.3 Å². The third kappa shape index (κ3) is 6.03. The number of hydrazone groups is 1. The zero-order valence-electron chi connectivity index (χ0n) is 22.9. The van der Waals surface area contributed by atoms with Gasteiger partial charge in [-0.15, -0.1) is 11.3 Å². The summed E-state index contributed by atoms with van der Waals surface area (Å²) in [6, 6.07) is 10.4. The van der Waals surface area contributed by atoms with Gasteiger partial charge in [-0.2, -0.15) is 5.10 Å². The van der Waals surface area contributed by atoms with E-state index in [0.29, 0.717) is 39.0 Å². The Balaban J connectivity index is 1.40. The lowest BCUT2D eigenvalue weighted by molar-refractivity contribution is -0.118. The quantitative estimate of drug-likeness (QED) is 0.117. The second-order valence-corrected chi connectivity index (χ2v) is 11.2. The van der Waals surface area contributed by atoms with Crippen molar-refractivity contribution in [2.45, 2.75) is 37.8 Å².